The van der Waals surface area contributed by atoms with Gasteiger partial charge in [0.05, 0.1) is 6.04 Å². The molecule has 1 aliphatic rings. The molecule has 1 aromatic rings. The van der Waals surface area contributed by atoms with E-state index in [9.17, 15) is 4.79 Å². The summed E-state index contributed by atoms with van der Waals surface area (Å²) >= 11 is 0. The highest BCUT2D eigenvalue weighted by molar-refractivity contribution is 5.71. The number of aromatic nitrogens is 2. The van der Waals surface area contributed by atoms with E-state index in [4.69, 9.17) is 0 Å². The molecule has 52 valence electrons. The molecular weight excluding hydrogens is 128 g/mol. The maximum absolute atomic E-state index is 10.2. The van der Waals surface area contributed by atoms with Crippen molar-refractivity contribution in [1.29, 1.82) is 0 Å². The average Bonchev–Trinajstić information content (AvgIpc) is 2.70. The first-order valence-corrected chi connectivity index (χ1v) is 3.40. The van der Waals surface area contributed by atoms with Gasteiger partial charge in [0, 0.05) is 6.20 Å². The number of carbonyl (C=O) groups excluding carboxylic acids is 1. The molecule has 3 heteroatoms. The van der Waals surface area contributed by atoms with Crippen LogP contribution >= 0.6 is 0 Å². The Kier molecular flexibility index (Phi) is 1.09. The summed E-state index contributed by atoms with van der Waals surface area (Å²) in [4.78, 5) is 10.2. The third-order valence-electron chi connectivity index (χ3n) is 1.67. The predicted octanol–water partition coefficient (Wildman–Crippen LogP) is 1.03. The van der Waals surface area contributed by atoms with Crippen LogP contribution in [-0.2, 0) is 0 Å². The SMILES string of the molecule is O=Cc1ccn(C2CC2)n1. The molecule has 0 N–H and O–H groups in total. The lowest BCUT2D eigenvalue weighted by molar-refractivity contribution is 0.111. The summed E-state index contributed by atoms with van der Waals surface area (Å²) in [5.74, 6) is 0. The number of hydrogen-bond donors (Lipinski definition) is 0. The van der Waals surface area contributed by atoms with Crippen LogP contribution in [0, 0.1) is 0 Å². The van der Waals surface area contributed by atoms with Crippen molar-refractivity contribution in [2.45, 2.75) is 18.9 Å². The number of aldehydes is 1. The lowest BCUT2D eigenvalue weighted by atomic mass is 10.5. The van der Waals surface area contributed by atoms with Crippen LogP contribution < -0.4 is 0 Å². The molecule has 1 aliphatic carbocycles. The molecule has 0 aliphatic heterocycles. The Labute approximate surface area is 58.7 Å². The molecule has 1 saturated carbocycles. The molecule has 2 rings (SSSR count). The van der Waals surface area contributed by atoms with Gasteiger partial charge in [-0.15, -0.1) is 0 Å². The highest BCUT2D eigenvalue weighted by atomic mass is 16.1. The van der Waals surface area contributed by atoms with E-state index in [1.54, 1.807) is 6.07 Å². The first-order valence-electron chi connectivity index (χ1n) is 3.40. The molecule has 0 amide bonds. The maximum Gasteiger partial charge on any atom is 0.170 e. The maximum atomic E-state index is 10.2. The van der Waals surface area contributed by atoms with Crippen molar-refractivity contribution in [2.75, 3.05) is 0 Å². The summed E-state index contributed by atoms with van der Waals surface area (Å²) in [7, 11) is 0. The lowest BCUT2D eigenvalue weighted by Crippen LogP contribution is -1.94. The molecule has 0 atom stereocenters. The molecule has 0 spiro atoms. The van der Waals surface area contributed by atoms with Gasteiger partial charge in [0.25, 0.3) is 0 Å². The van der Waals surface area contributed by atoms with Gasteiger partial charge < -0.3 is 0 Å². The Bertz CT molecular complexity index is 250. The van der Waals surface area contributed by atoms with Crippen molar-refractivity contribution in [1.82, 2.24) is 9.78 Å². The van der Waals surface area contributed by atoms with Crippen LogP contribution in [0.15, 0.2) is 12.3 Å². The minimum absolute atomic E-state index is 0.534. The second kappa shape index (κ2) is 1.94. The summed E-state index contributed by atoms with van der Waals surface area (Å²) in [6.45, 7) is 0. The Morgan fingerprint density at radius 1 is 1.70 bits per heavy atom. The lowest BCUT2D eigenvalue weighted by Gasteiger charge is -1.91. The van der Waals surface area contributed by atoms with E-state index >= 15 is 0 Å². The van der Waals surface area contributed by atoms with Gasteiger partial charge in [-0.25, -0.2) is 0 Å². The fraction of sp³-hybridized carbons (Fsp3) is 0.429. The molecule has 10 heavy (non-hydrogen) atoms. The highest BCUT2D eigenvalue weighted by Crippen LogP contribution is 2.33. The minimum Gasteiger partial charge on any atom is -0.296 e. The van der Waals surface area contributed by atoms with Crippen molar-refractivity contribution >= 4 is 6.29 Å². The number of nitrogens with zero attached hydrogens (tertiary/aromatic N) is 2. The second-order valence-electron chi connectivity index (χ2n) is 2.57. The van der Waals surface area contributed by atoms with E-state index in [0.717, 1.165) is 6.29 Å². The summed E-state index contributed by atoms with van der Waals surface area (Å²) < 4.78 is 1.86. The van der Waals surface area contributed by atoms with Gasteiger partial charge in [-0.05, 0) is 18.9 Å². The van der Waals surface area contributed by atoms with Crippen LogP contribution in [0.1, 0.15) is 29.4 Å². The van der Waals surface area contributed by atoms with Gasteiger partial charge in [-0.2, -0.15) is 5.10 Å². The van der Waals surface area contributed by atoms with E-state index < -0.39 is 0 Å². The van der Waals surface area contributed by atoms with Crippen molar-refractivity contribution in [3.8, 4) is 0 Å². The number of hydrogen-bond acceptors (Lipinski definition) is 2. The number of rotatable bonds is 2. The fourth-order valence-electron chi connectivity index (χ4n) is 0.958. The van der Waals surface area contributed by atoms with E-state index in [1.165, 1.54) is 12.8 Å². The van der Waals surface area contributed by atoms with Crippen molar-refractivity contribution in [3.63, 3.8) is 0 Å². The van der Waals surface area contributed by atoms with E-state index in [1.807, 2.05) is 10.9 Å². The van der Waals surface area contributed by atoms with Crippen LogP contribution in [0.3, 0.4) is 0 Å². The zero-order chi connectivity index (χ0) is 6.97. The monoisotopic (exact) mass is 136 g/mol. The van der Waals surface area contributed by atoms with Crippen LogP contribution in [0.5, 0.6) is 0 Å². The fourth-order valence-corrected chi connectivity index (χ4v) is 0.958. The van der Waals surface area contributed by atoms with Gasteiger partial charge in [-0.3, -0.25) is 9.48 Å². The van der Waals surface area contributed by atoms with E-state index in [2.05, 4.69) is 5.10 Å². The highest BCUT2D eigenvalue weighted by Gasteiger charge is 2.23. The van der Waals surface area contributed by atoms with Crippen LogP contribution in [0.25, 0.3) is 0 Å². The molecule has 0 unspecified atom stereocenters. The standard InChI is InChI=1S/C7H8N2O/c10-5-6-3-4-9(8-6)7-1-2-7/h3-5,7H,1-2H2. The molecular formula is C7H8N2O. The van der Waals surface area contributed by atoms with Gasteiger partial charge in [0.1, 0.15) is 5.69 Å². The quantitative estimate of drug-likeness (QED) is 0.569. The molecule has 0 radical (unpaired) electrons. The Balaban J connectivity index is 2.26. The van der Waals surface area contributed by atoms with E-state index in [-0.39, 0.29) is 0 Å². The molecule has 0 bridgehead atoms. The number of carbonyl (C=O) groups is 1. The summed E-state index contributed by atoms with van der Waals surface area (Å²) in [6, 6.07) is 2.32. The van der Waals surface area contributed by atoms with E-state index in [0.29, 0.717) is 11.7 Å². The van der Waals surface area contributed by atoms with Gasteiger partial charge in [0.2, 0.25) is 0 Å². The largest absolute Gasteiger partial charge is 0.296 e. The van der Waals surface area contributed by atoms with Crippen molar-refractivity contribution < 1.29 is 4.79 Å². The third-order valence-corrected chi connectivity index (χ3v) is 1.67. The molecule has 1 heterocycles. The van der Waals surface area contributed by atoms with Crippen LogP contribution in [0.4, 0.5) is 0 Å². The molecule has 3 nitrogen and oxygen atoms in total. The summed E-state index contributed by atoms with van der Waals surface area (Å²) in [5, 5.41) is 4.04. The molecule has 0 aromatic carbocycles. The Hall–Kier alpha value is -1.12. The predicted molar refractivity (Wildman–Crippen MR) is 35.9 cm³/mol. The Morgan fingerprint density at radius 3 is 3.00 bits per heavy atom. The average molecular weight is 136 g/mol. The topological polar surface area (TPSA) is 34.9 Å². The van der Waals surface area contributed by atoms with Gasteiger partial charge in [0.15, 0.2) is 6.29 Å². The smallest absolute Gasteiger partial charge is 0.170 e. The first kappa shape index (κ1) is 5.65. The zero-order valence-corrected chi connectivity index (χ0v) is 5.53. The minimum atomic E-state index is 0.534. The molecule has 0 saturated heterocycles. The third kappa shape index (κ3) is 0.835. The normalized spacial score (nSPS) is 17.2. The van der Waals surface area contributed by atoms with Crippen molar-refractivity contribution in [3.05, 3.63) is 18.0 Å². The van der Waals surface area contributed by atoms with Gasteiger partial charge in [-0.1, -0.05) is 0 Å². The van der Waals surface area contributed by atoms with Crippen molar-refractivity contribution in [2.24, 2.45) is 0 Å². The van der Waals surface area contributed by atoms with Crippen LogP contribution in [-0.4, -0.2) is 16.1 Å². The first-order chi connectivity index (χ1) is 4.90. The summed E-state index contributed by atoms with van der Waals surface area (Å²) in [5.41, 5.74) is 0.534. The molecule has 1 fully saturated rings. The summed E-state index contributed by atoms with van der Waals surface area (Å²) in [6.07, 6.45) is 5.06. The van der Waals surface area contributed by atoms with Crippen LogP contribution in [0.2, 0.25) is 0 Å². The second-order valence-corrected chi connectivity index (χ2v) is 2.57. The van der Waals surface area contributed by atoms with Gasteiger partial charge >= 0.3 is 0 Å². The zero-order valence-electron chi connectivity index (χ0n) is 5.53. The Morgan fingerprint density at radius 2 is 2.50 bits per heavy atom. The molecule has 1 aromatic heterocycles.